The van der Waals surface area contributed by atoms with Gasteiger partial charge in [0.2, 0.25) is 11.8 Å². The van der Waals surface area contributed by atoms with Gasteiger partial charge in [-0.1, -0.05) is 42.8 Å². The van der Waals surface area contributed by atoms with Crippen molar-refractivity contribution in [3.63, 3.8) is 0 Å². The minimum absolute atomic E-state index is 0.122. The number of nitrogens with zero attached hydrogens (tertiary/aromatic N) is 6. The summed E-state index contributed by atoms with van der Waals surface area (Å²) in [5.41, 5.74) is 5.99. The van der Waals surface area contributed by atoms with E-state index in [1.807, 2.05) is 108 Å². The summed E-state index contributed by atoms with van der Waals surface area (Å²) in [6.07, 6.45) is 8.52. The zero-order chi connectivity index (χ0) is 31.6. The molecule has 1 saturated carbocycles. The van der Waals surface area contributed by atoms with Gasteiger partial charge in [-0.15, -0.1) is 10.2 Å². The number of carbonyl (C=O) groups excluding carboxylic acids is 2. The van der Waals surface area contributed by atoms with Crippen LogP contribution in [0.2, 0.25) is 0 Å². The highest BCUT2D eigenvalue weighted by Crippen LogP contribution is 2.40. The maximum atomic E-state index is 12.8. The Kier molecular flexibility index (Phi) is 8.00. The van der Waals surface area contributed by atoms with Crippen LogP contribution in [0.25, 0.3) is 21.8 Å². The second-order valence-electron chi connectivity index (χ2n) is 12.3. The van der Waals surface area contributed by atoms with E-state index < -0.39 is 0 Å². The van der Waals surface area contributed by atoms with E-state index in [2.05, 4.69) is 31.0 Å². The molecule has 2 N–H and O–H groups in total. The van der Waals surface area contributed by atoms with Crippen LogP contribution in [0.5, 0.6) is 0 Å². The number of carbonyl (C=O) groups is 2. The van der Waals surface area contributed by atoms with Gasteiger partial charge in [0.25, 0.3) is 0 Å². The maximum absolute atomic E-state index is 12.8. The van der Waals surface area contributed by atoms with Gasteiger partial charge in [0.1, 0.15) is 0 Å². The molecule has 4 aromatic heterocycles. The molecule has 46 heavy (non-hydrogen) atoms. The summed E-state index contributed by atoms with van der Waals surface area (Å²) in [6.45, 7) is 0. The lowest BCUT2D eigenvalue weighted by Crippen LogP contribution is -2.18. The Morgan fingerprint density at radius 3 is 1.54 bits per heavy atom. The van der Waals surface area contributed by atoms with Gasteiger partial charge in [-0.3, -0.25) is 9.59 Å². The van der Waals surface area contributed by atoms with Gasteiger partial charge >= 0.3 is 0 Å². The molecule has 0 bridgehead atoms. The molecule has 2 amide bonds. The molecule has 232 valence electrons. The molecule has 6 aromatic rings. The lowest BCUT2D eigenvalue weighted by atomic mass is 9.78. The Balaban J connectivity index is 0.938. The van der Waals surface area contributed by atoms with E-state index in [0.29, 0.717) is 11.6 Å². The Bertz CT molecular complexity index is 1880. The highest BCUT2D eigenvalue weighted by Gasteiger charge is 2.27. The predicted molar refractivity (Wildman–Crippen MR) is 179 cm³/mol. The van der Waals surface area contributed by atoms with Crippen LogP contribution in [0.4, 0.5) is 11.6 Å². The highest BCUT2D eigenvalue weighted by atomic mass is 16.2. The normalized spacial score (nSPS) is 16.5. The first-order chi connectivity index (χ1) is 22.4. The van der Waals surface area contributed by atoms with Crippen LogP contribution in [-0.4, -0.2) is 41.3 Å². The van der Waals surface area contributed by atoms with Crippen LogP contribution in [0, 0.1) is 0 Å². The second kappa shape index (κ2) is 12.5. The fraction of sp³-hybridized carbons (Fsp3) is 0.278. The molecule has 0 saturated heterocycles. The molecular weight excluding hydrogens is 576 g/mol. The van der Waals surface area contributed by atoms with Crippen molar-refractivity contribution in [2.45, 2.75) is 50.4 Å². The summed E-state index contributed by atoms with van der Waals surface area (Å²) < 4.78 is 4.08. The molecule has 0 unspecified atom stereocenters. The Morgan fingerprint density at radius 1 is 0.652 bits per heavy atom. The number of hydrogen-bond donors (Lipinski definition) is 2. The van der Waals surface area contributed by atoms with Gasteiger partial charge in [-0.05, 0) is 66.8 Å². The third kappa shape index (κ3) is 6.10. The topological polar surface area (TPSA) is 120 Å². The SMILES string of the molecule is Cn1cc(CC(=O)Nc2ccc([C@@H]3CCC[C@@H](c4ccc(NC(=O)Cc5cn(C)c6ccccc56)nn4)C3)nn2)c2ccccc21. The number of amides is 2. The second-order valence-corrected chi connectivity index (χ2v) is 12.3. The molecule has 10 heteroatoms. The minimum atomic E-state index is -0.122. The molecule has 2 atom stereocenters. The number of anilines is 2. The fourth-order valence-electron chi connectivity index (χ4n) is 6.83. The number of fused-ring (bicyclic) bond motifs is 2. The number of rotatable bonds is 8. The van der Waals surface area contributed by atoms with Gasteiger partial charge in [-0.2, -0.15) is 10.2 Å². The third-order valence-corrected chi connectivity index (χ3v) is 9.08. The van der Waals surface area contributed by atoms with Crippen molar-refractivity contribution in [3.05, 3.63) is 108 Å². The van der Waals surface area contributed by atoms with E-state index in [1.54, 1.807) is 0 Å². The lowest BCUT2D eigenvalue weighted by Gasteiger charge is -2.28. The molecule has 0 aliphatic heterocycles. The standard InChI is InChI=1S/C36H36N8O2/c1-43-21-25(27-10-3-5-12-31(27)43)19-35(45)37-33-16-14-29(39-41-33)23-8-7-9-24(18-23)30-15-17-34(42-40-30)38-36(46)20-26-22-44(2)32-13-6-4-11-28(26)32/h3-6,10-17,21-24H,7-9,18-20H2,1-2H3,(H,37,41,45)(H,38,42,46)/t23-,24-/m1/s1. The number of benzene rings is 2. The van der Waals surface area contributed by atoms with Gasteiger partial charge < -0.3 is 19.8 Å². The lowest BCUT2D eigenvalue weighted by molar-refractivity contribution is -0.116. The monoisotopic (exact) mass is 612 g/mol. The van der Waals surface area contributed by atoms with Crippen molar-refractivity contribution in [3.8, 4) is 0 Å². The van der Waals surface area contributed by atoms with Crippen molar-refractivity contribution in [1.82, 2.24) is 29.5 Å². The van der Waals surface area contributed by atoms with Gasteiger partial charge in [0.05, 0.1) is 24.2 Å². The number of nitrogens with one attached hydrogen (secondary N) is 2. The quantitative estimate of drug-likeness (QED) is 0.216. The Hall–Kier alpha value is -5.38. The summed E-state index contributed by atoms with van der Waals surface area (Å²) in [5, 5.41) is 25.6. The first kappa shape index (κ1) is 29.3. The van der Waals surface area contributed by atoms with E-state index in [-0.39, 0.29) is 36.5 Å². The maximum Gasteiger partial charge on any atom is 0.230 e. The summed E-state index contributed by atoms with van der Waals surface area (Å²) in [7, 11) is 3.97. The molecule has 4 heterocycles. The van der Waals surface area contributed by atoms with Crippen LogP contribution in [0.1, 0.15) is 60.0 Å². The molecule has 10 nitrogen and oxygen atoms in total. The predicted octanol–water partition coefficient (Wildman–Crippen LogP) is 6.05. The number of aryl methyl sites for hydroxylation is 2. The van der Waals surface area contributed by atoms with Gasteiger partial charge in [0.15, 0.2) is 11.6 Å². The minimum Gasteiger partial charge on any atom is -0.350 e. The zero-order valence-electron chi connectivity index (χ0n) is 26.0. The number of para-hydroxylation sites is 2. The van der Waals surface area contributed by atoms with Gasteiger partial charge in [-0.25, -0.2) is 0 Å². The first-order valence-electron chi connectivity index (χ1n) is 15.7. The molecule has 7 rings (SSSR count). The van der Waals surface area contributed by atoms with E-state index in [0.717, 1.165) is 70.0 Å². The number of hydrogen-bond acceptors (Lipinski definition) is 6. The van der Waals surface area contributed by atoms with Crippen LogP contribution in [0.3, 0.4) is 0 Å². The Morgan fingerprint density at radius 2 is 1.11 bits per heavy atom. The van der Waals surface area contributed by atoms with Gasteiger partial charge in [0, 0.05) is 60.1 Å². The van der Waals surface area contributed by atoms with Crippen LogP contribution < -0.4 is 10.6 Å². The first-order valence-corrected chi connectivity index (χ1v) is 15.7. The summed E-state index contributed by atoms with van der Waals surface area (Å²) in [6, 6.07) is 23.7. The van der Waals surface area contributed by atoms with Crippen molar-refractivity contribution < 1.29 is 9.59 Å². The highest BCUT2D eigenvalue weighted by molar-refractivity contribution is 5.96. The van der Waals surface area contributed by atoms with Crippen LogP contribution in [0.15, 0.2) is 85.2 Å². The van der Waals surface area contributed by atoms with Crippen molar-refractivity contribution in [2.75, 3.05) is 10.6 Å². The average Bonchev–Trinajstić information content (AvgIpc) is 3.56. The Labute approximate surface area is 266 Å². The molecule has 0 radical (unpaired) electrons. The number of aromatic nitrogens is 6. The molecule has 1 fully saturated rings. The van der Waals surface area contributed by atoms with Crippen molar-refractivity contribution in [2.24, 2.45) is 14.1 Å². The molecule has 0 spiro atoms. The zero-order valence-corrected chi connectivity index (χ0v) is 26.0. The van der Waals surface area contributed by atoms with E-state index in [1.165, 1.54) is 0 Å². The van der Waals surface area contributed by atoms with E-state index in [9.17, 15) is 9.59 Å². The van der Waals surface area contributed by atoms with E-state index >= 15 is 0 Å². The molecule has 2 aromatic carbocycles. The molecule has 1 aliphatic carbocycles. The third-order valence-electron chi connectivity index (χ3n) is 9.08. The summed E-state index contributed by atoms with van der Waals surface area (Å²) >= 11 is 0. The summed E-state index contributed by atoms with van der Waals surface area (Å²) in [4.78, 5) is 25.6. The van der Waals surface area contributed by atoms with Crippen LogP contribution >= 0.6 is 0 Å². The van der Waals surface area contributed by atoms with Crippen LogP contribution in [-0.2, 0) is 36.5 Å². The van der Waals surface area contributed by atoms with E-state index in [4.69, 9.17) is 0 Å². The van der Waals surface area contributed by atoms with Crippen molar-refractivity contribution >= 4 is 45.3 Å². The largest absolute Gasteiger partial charge is 0.350 e. The fourth-order valence-corrected chi connectivity index (χ4v) is 6.83. The average molecular weight is 613 g/mol. The van der Waals surface area contributed by atoms with Crippen molar-refractivity contribution in [1.29, 1.82) is 0 Å². The molecule has 1 aliphatic rings. The smallest absolute Gasteiger partial charge is 0.230 e. The summed E-state index contributed by atoms with van der Waals surface area (Å²) in [5.74, 6) is 1.14. The molecular formula is C36H36N8O2.